The molecule has 0 unspecified atom stereocenters. The molecule has 0 saturated carbocycles. The van der Waals surface area contributed by atoms with Gasteiger partial charge in [0.2, 0.25) is 0 Å². The maximum atomic E-state index is 9.99. The summed E-state index contributed by atoms with van der Waals surface area (Å²) in [5.74, 6) is 2.82. The van der Waals surface area contributed by atoms with Crippen molar-refractivity contribution >= 4 is 27.4 Å². The van der Waals surface area contributed by atoms with Crippen molar-refractivity contribution in [2.24, 2.45) is 0 Å². The summed E-state index contributed by atoms with van der Waals surface area (Å²) in [6.07, 6.45) is 4.06. The Kier molecular flexibility index (Phi) is 6.09. The summed E-state index contributed by atoms with van der Waals surface area (Å²) in [6, 6.07) is 9.86. The molecule has 9 nitrogen and oxygen atoms in total. The normalized spacial score (nSPS) is 17.9. The molecule has 2 fully saturated rings. The standard InChI is InChI=1S/C25H29N7O2S/c1-17-29-26-16-32(17)19-5-7-30(8-6-19)15-21-14-22-23(35-21)25(31-9-11-34-12-10-31)28-24(27-22)18-3-2-4-20(33)13-18/h2-4,13-14,16,19,33H,5-12,15H2,1H3. The number of aromatic nitrogens is 5. The number of aryl methyl sites for hydroxylation is 1. The predicted molar refractivity (Wildman–Crippen MR) is 136 cm³/mol. The first-order valence-corrected chi connectivity index (χ1v) is 13.0. The molecule has 2 aliphatic rings. The molecule has 0 amide bonds. The molecule has 35 heavy (non-hydrogen) atoms. The number of ether oxygens (including phenoxy) is 1. The number of hydrogen-bond acceptors (Lipinski definition) is 9. The molecule has 3 aromatic heterocycles. The molecule has 0 spiro atoms. The van der Waals surface area contributed by atoms with E-state index in [1.54, 1.807) is 23.5 Å². The van der Waals surface area contributed by atoms with Crippen molar-refractivity contribution in [3.05, 3.63) is 47.4 Å². The lowest BCUT2D eigenvalue weighted by molar-refractivity contribution is 0.122. The molecule has 10 heteroatoms. The van der Waals surface area contributed by atoms with Gasteiger partial charge in [-0.1, -0.05) is 12.1 Å². The molecule has 6 rings (SSSR count). The molecule has 0 bridgehead atoms. The maximum absolute atomic E-state index is 9.99. The van der Waals surface area contributed by atoms with E-state index in [-0.39, 0.29) is 5.75 Å². The predicted octanol–water partition coefficient (Wildman–Crippen LogP) is 3.64. The average Bonchev–Trinajstić information content (AvgIpc) is 3.50. The van der Waals surface area contributed by atoms with Crippen LogP contribution in [0.2, 0.25) is 0 Å². The average molecular weight is 492 g/mol. The quantitative estimate of drug-likeness (QED) is 0.452. The number of likely N-dealkylation sites (tertiary alicyclic amines) is 1. The van der Waals surface area contributed by atoms with Gasteiger partial charge in [0.05, 0.1) is 23.4 Å². The zero-order valence-electron chi connectivity index (χ0n) is 19.8. The topological polar surface area (TPSA) is 92.4 Å². The van der Waals surface area contributed by atoms with Crippen LogP contribution in [-0.4, -0.2) is 74.1 Å². The van der Waals surface area contributed by atoms with Crippen LogP contribution >= 0.6 is 11.3 Å². The summed E-state index contributed by atoms with van der Waals surface area (Å²) < 4.78 is 8.92. The van der Waals surface area contributed by atoms with Gasteiger partial charge in [-0.05, 0) is 38.0 Å². The van der Waals surface area contributed by atoms with Gasteiger partial charge in [-0.2, -0.15) is 0 Å². The lowest BCUT2D eigenvalue weighted by Gasteiger charge is -2.32. The second kappa shape index (κ2) is 9.52. The smallest absolute Gasteiger partial charge is 0.162 e. The number of piperidine rings is 1. The van der Waals surface area contributed by atoms with Gasteiger partial charge in [0.1, 0.15) is 17.9 Å². The molecule has 2 aliphatic heterocycles. The molecule has 2 saturated heterocycles. The highest BCUT2D eigenvalue weighted by Gasteiger charge is 2.24. The molecule has 0 radical (unpaired) electrons. The van der Waals surface area contributed by atoms with Crippen molar-refractivity contribution in [2.75, 3.05) is 44.3 Å². The van der Waals surface area contributed by atoms with E-state index >= 15 is 0 Å². The van der Waals surface area contributed by atoms with Gasteiger partial charge in [0.25, 0.3) is 0 Å². The molecule has 5 heterocycles. The summed E-state index contributed by atoms with van der Waals surface area (Å²) in [5.41, 5.74) is 1.79. The van der Waals surface area contributed by atoms with Gasteiger partial charge in [-0.15, -0.1) is 21.5 Å². The van der Waals surface area contributed by atoms with Crippen LogP contribution in [0.4, 0.5) is 5.82 Å². The van der Waals surface area contributed by atoms with Crippen molar-refractivity contribution in [2.45, 2.75) is 32.4 Å². The van der Waals surface area contributed by atoms with Crippen molar-refractivity contribution in [1.29, 1.82) is 0 Å². The SMILES string of the molecule is Cc1nncn1C1CCN(Cc2cc3nc(-c4cccc(O)c4)nc(N4CCOCC4)c3s2)CC1. The van der Waals surface area contributed by atoms with Crippen molar-refractivity contribution < 1.29 is 9.84 Å². The molecular formula is C25H29N7O2S. The number of anilines is 1. The van der Waals surface area contributed by atoms with Gasteiger partial charge < -0.3 is 19.3 Å². The van der Waals surface area contributed by atoms with Crippen molar-refractivity contribution in [3.63, 3.8) is 0 Å². The van der Waals surface area contributed by atoms with E-state index in [0.717, 1.165) is 73.0 Å². The number of hydrogen-bond donors (Lipinski definition) is 1. The molecular weight excluding hydrogens is 462 g/mol. The first-order valence-electron chi connectivity index (χ1n) is 12.1. The van der Waals surface area contributed by atoms with Crippen LogP contribution < -0.4 is 4.90 Å². The minimum atomic E-state index is 0.218. The van der Waals surface area contributed by atoms with E-state index in [1.165, 1.54) is 4.88 Å². The Labute approximate surface area is 208 Å². The number of phenols is 1. The van der Waals surface area contributed by atoms with Gasteiger partial charge in [-0.25, -0.2) is 9.97 Å². The van der Waals surface area contributed by atoms with E-state index in [9.17, 15) is 5.11 Å². The number of phenolic OH excluding ortho intramolecular Hbond substituents is 1. The zero-order valence-corrected chi connectivity index (χ0v) is 20.6. The summed E-state index contributed by atoms with van der Waals surface area (Å²) in [6.45, 7) is 8.07. The Morgan fingerprint density at radius 3 is 2.66 bits per heavy atom. The third-order valence-electron chi connectivity index (χ3n) is 6.90. The Hall–Kier alpha value is -3.08. The minimum absolute atomic E-state index is 0.218. The maximum Gasteiger partial charge on any atom is 0.162 e. The van der Waals surface area contributed by atoms with E-state index in [2.05, 4.69) is 30.6 Å². The lowest BCUT2D eigenvalue weighted by atomic mass is 10.0. The Bertz CT molecular complexity index is 1320. The fourth-order valence-corrected chi connectivity index (χ4v) is 6.20. The van der Waals surface area contributed by atoms with Crippen LogP contribution in [0.25, 0.3) is 21.6 Å². The minimum Gasteiger partial charge on any atom is -0.508 e. The monoisotopic (exact) mass is 491 g/mol. The first kappa shape index (κ1) is 22.4. The number of thiophene rings is 1. The molecule has 1 N–H and O–H groups in total. The van der Waals surface area contributed by atoms with Crippen LogP contribution in [0.15, 0.2) is 36.7 Å². The summed E-state index contributed by atoms with van der Waals surface area (Å²) in [5, 5.41) is 18.2. The van der Waals surface area contributed by atoms with Crippen LogP contribution in [-0.2, 0) is 11.3 Å². The second-order valence-electron chi connectivity index (χ2n) is 9.24. The van der Waals surface area contributed by atoms with Crippen molar-refractivity contribution in [1.82, 2.24) is 29.6 Å². The van der Waals surface area contributed by atoms with Gasteiger partial charge in [0, 0.05) is 49.2 Å². The Morgan fingerprint density at radius 1 is 1.09 bits per heavy atom. The summed E-state index contributed by atoms with van der Waals surface area (Å²) >= 11 is 1.80. The van der Waals surface area contributed by atoms with Crippen LogP contribution in [0.3, 0.4) is 0 Å². The Morgan fingerprint density at radius 2 is 1.91 bits per heavy atom. The highest BCUT2D eigenvalue weighted by Crippen LogP contribution is 2.36. The fraction of sp³-hybridized carbons (Fsp3) is 0.440. The third-order valence-corrected chi connectivity index (χ3v) is 8.01. The number of fused-ring (bicyclic) bond motifs is 1. The summed E-state index contributed by atoms with van der Waals surface area (Å²) in [4.78, 5) is 16.0. The number of morpholine rings is 1. The molecule has 4 aromatic rings. The fourth-order valence-electron chi connectivity index (χ4n) is 5.04. The van der Waals surface area contributed by atoms with Gasteiger partial charge in [-0.3, -0.25) is 4.90 Å². The number of rotatable bonds is 5. The number of benzene rings is 1. The number of nitrogens with zero attached hydrogens (tertiary/aromatic N) is 7. The van der Waals surface area contributed by atoms with Crippen LogP contribution in [0.5, 0.6) is 5.75 Å². The molecule has 0 atom stereocenters. The highest BCUT2D eigenvalue weighted by atomic mass is 32.1. The number of aromatic hydroxyl groups is 1. The molecule has 0 aliphatic carbocycles. The third kappa shape index (κ3) is 4.61. The molecule has 182 valence electrons. The Balaban J connectivity index is 1.27. The van der Waals surface area contributed by atoms with Crippen LogP contribution in [0, 0.1) is 6.92 Å². The van der Waals surface area contributed by atoms with Crippen molar-refractivity contribution in [3.8, 4) is 17.1 Å². The van der Waals surface area contributed by atoms with E-state index in [1.807, 2.05) is 25.4 Å². The second-order valence-corrected chi connectivity index (χ2v) is 10.4. The largest absolute Gasteiger partial charge is 0.508 e. The highest BCUT2D eigenvalue weighted by molar-refractivity contribution is 7.19. The van der Waals surface area contributed by atoms with Crippen LogP contribution in [0.1, 0.15) is 29.6 Å². The first-order chi connectivity index (χ1) is 17.1. The van der Waals surface area contributed by atoms with E-state index < -0.39 is 0 Å². The van der Waals surface area contributed by atoms with Gasteiger partial charge in [0.15, 0.2) is 11.6 Å². The van der Waals surface area contributed by atoms with E-state index in [4.69, 9.17) is 14.7 Å². The zero-order chi connectivity index (χ0) is 23.8. The van der Waals surface area contributed by atoms with E-state index in [0.29, 0.717) is 25.1 Å². The summed E-state index contributed by atoms with van der Waals surface area (Å²) in [7, 11) is 0. The molecule has 1 aromatic carbocycles. The lowest BCUT2D eigenvalue weighted by Crippen LogP contribution is -2.36. The van der Waals surface area contributed by atoms with Gasteiger partial charge >= 0.3 is 0 Å².